The Bertz CT molecular complexity index is 824. The van der Waals surface area contributed by atoms with Gasteiger partial charge in [-0.1, -0.05) is 12.1 Å². The molecule has 1 aliphatic rings. The molecule has 9 heteroatoms. The predicted octanol–water partition coefficient (Wildman–Crippen LogP) is 3.49. The fourth-order valence-electron chi connectivity index (χ4n) is 3.05. The molecule has 1 aromatic carbocycles. The van der Waals surface area contributed by atoms with Crippen molar-refractivity contribution in [3.63, 3.8) is 0 Å². The van der Waals surface area contributed by atoms with Crippen LogP contribution in [0.2, 0.25) is 0 Å². The first kappa shape index (κ1) is 19.4. The van der Waals surface area contributed by atoms with Gasteiger partial charge in [0.1, 0.15) is 6.04 Å². The minimum absolute atomic E-state index is 0.0552. The van der Waals surface area contributed by atoms with Crippen molar-refractivity contribution in [3.05, 3.63) is 46.7 Å². The summed E-state index contributed by atoms with van der Waals surface area (Å²) in [5.74, 6) is -1.48. The lowest BCUT2D eigenvalue weighted by atomic mass is 10.1. The third-order valence-corrected chi connectivity index (χ3v) is 4.94. The van der Waals surface area contributed by atoms with E-state index < -0.39 is 30.5 Å². The molecule has 0 radical (unpaired) electrons. The molecule has 2 amide bonds. The van der Waals surface area contributed by atoms with Crippen LogP contribution in [-0.4, -0.2) is 42.5 Å². The van der Waals surface area contributed by atoms with Crippen LogP contribution in [-0.2, 0) is 16.1 Å². The highest BCUT2D eigenvalue weighted by molar-refractivity contribution is 7.07. The monoisotopic (exact) mass is 397 g/mol. The van der Waals surface area contributed by atoms with Crippen molar-refractivity contribution in [1.29, 1.82) is 0 Å². The number of carbonyl (C=O) groups is 2. The zero-order chi connectivity index (χ0) is 19.6. The first-order chi connectivity index (χ1) is 12.8. The highest BCUT2D eigenvalue weighted by Gasteiger charge is 2.49. The summed E-state index contributed by atoms with van der Waals surface area (Å²) in [5, 5.41) is 6.27. The molecule has 0 saturated carbocycles. The van der Waals surface area contributed by atoms with Crippen molar-refractivity contribution in [2.45, 2.75) is 25.2 Å². The maximum Gasteiger partial charge on any atom is 0.409 e. The van der Waals surface area contributed by atoms with E-state index in [4.69, 9.17) is 0 Å². The number of para-hydroxylation sites is 2. The highest BCUT2D eigenvalue weighted by Crippen LogP contribution is 2.37. The second kappa shape index (κ2) is 7.69. The van der Waals surface area contributed by atoms with Crippen molar-refractivity contribution in [3.8, 4) is 0 Å². The number of carbonyl (C=O) groups excluding carboxylic acids is 2. The van der Waals surface area contributed by atoms with E-state index in [-0.39, 0.29) is 17.9 Å². The minimum Gasteiger partial charge on any atom is -0.324 e. The van der Waals surface area contributed by atoms with E-state index in [9.17, 15) is 22.8 Å². The molecule has 1 atom stereocenters. The second-order valence-corrected chi connectivity index (χ2v) is 7.17. The van der Waals surface area contributed by atoms with Gasteiger partial charge in [0.2, 0.25) is 11.8 Å². The Morgan fingerprint density at radius 1 is 1.33 bits per heavy atom. The van der Waals surface area contributed by atoms with Gasteiger partial charge in [-0.2, -0.15) is 24.5 Å². The Hall–Kier alpha value is -2.39. The molecule has 5 nitrogen and oxygen atoms in total. The highest BCUT2D eigenvalue weighted by atomic mass is 32.1. The summed E-state index contributed by atoms with van der Waals surface area (Å²) in [4.78, 5) is 27.2. The summed E-state index contributed by atoms with van der Waals surface area (Å²) < 4.78 is 41.0. The molecule has 0 bridgehead atoms. The van der Waals surface area contributed by atoms with Gasteiger partial charge >= 0.3 is 6.18 Å². The van der Waals surface area contributed by atoms with Gasteiger partial charge in [-0.3, -0.25) is 19.4 Å². The number of hydrogen-bond donors (Lipinski definition) is 1. The molecule has 1 aromatic heterocycles. The number of hydrogen-bond acceptors (Lipinski definition) is 4. The van der Waals surface area contributed by atoms with Crippen LogP contribution in [0.15, 0.2) is 41.1 Å². The van der Waals surface area contributed by atoms with Crippen LogP contribution in [0.3, 0.4) is 0 Å². The fraction of sp³-hybridized carbons (Fsp3) is 0.333. The Morgan fingerprint density at radius 3 is 2.74 bits per heavy atom. The Balaban J connectivity index is 1.90. The largest absolute Gasteiger partial charge is 0.409 e. The van der Waals surface area contributed by atoms with Crippen LogP contribution in [0, 0.1) is 0 Å². The van der Waals surface area contributed by atoms with Gasteiger partial charge in [0.25, 0.3) is 0 Å². The van der Waals surface area contributed by atoms with E-state index in [0.29, 0.717) is 11.4 Å². The lowest BCUT2D eigenvalue weighted by molar-refractivity contribution is -0.158. The first-order valence-corrected chi connectivity index (χ1v) is 9.17. The Labute approximate surface area is 158 Å². The number of rotatable bonds is 4. The number of amides is 2. The number of nitrogens with zero attached hydrogens (tertiary/aromatic N) is 2. The number of likely N-dealkylation sites (N-methyl/N-ethyl adjacent to an activating group) is 1. The van der Waals surface area contributed by atoms with E-state index >= 15 is 0 Å². The van der Waals surface area contributed by atoms with Gasteiger partial charge in [0, 0.05) is 6.54 Å². The van der Waals surface area contributed by atoms with Crippen LogP contribution in [0.4, 0.5) is 24.5 Å². The van der Waals surface area contributed by atoms with E-state index in [2.05, 4.69) is 5.32 Å². The summed E-state index contributed by atoms with van der Waals surface area (Å²) in [5.41, 5.74) is 1.23. The lowest BCUT2D eigenvalue weighted by Crippen LogP contribution is -2.52. The molecule has 0 aliphatic carbocycles. The van der Waals surface area contributed by atoms with Gasteiger partial charge in [-0.25, -0.2) is 0 Å². The number of alkyl halides is 3. The third kappa shape index (κ3) is 4.48. The molecule has 3 rings (SSSR count). The van der Waals surface area contributed by atoms with Gasteiger partial charge in [-0.15, -0.1) is 0 Å². The molecule has 1 aliphatic heterocycles. The van der Waals surface area contributed by atoms with E-state index in [1.807, 2.05) is 16.8 Å². The van der Waals surface area contributed by atoms with E-state index in [1.165, 1.54) is 23.5 Å². The normalized spacial score (nSPS) is 17.4. The second-order valence-electron chi connectivity index (χ2n) is 6.39. The molecular weight excluding hydrogens is 379 g/mol. The molecular formula is C18H18F3N3O2S. The van der Waals surface area contributed by atoms with Crippen molar-refractivity contribution in [2.75, 3.05) is 23.8 Å². The smallest absolute Gasteiger partial charge is 0.324 e. The summed E-state index contributed by atoms with van der Waals surface area (Å²) in [6.07, 6.45) is -5.56. The molecule has 0 fully saturated rings. The van der Waals surface area contributed by atoms with Crippen LogP contribution in [0.5, 0.6) is 0 Å². The van der Waals surface area contributed by atoms with Crippen molar-refractivity contribution in [2.24, 2.45) is 0 Å². The topological polar surface area (TPSA) is 52.7 Å². The fourth-order valence-corrected chi connectivity index (χ4v) is 3.71. The summed E-state index contributed by atoms with van der Waals surface area (Å²) in [6, 6.07) is 5.73. The van der Waals surface area contributed by atoms with Crippen LogP contribution >= 0.6 is 11.3 Å². The van der Waals surface area contributed by atoms with Gasteiger partial charge in [-0.05, 0) is 41.6 Å². The number of anilines is 2. The van der Waals surface area contributed by atoms with Crippen molar-refractivity contribution >= 4 is 34.5 Å². The zero-order valence-electron chi connectivity index (χ0n) is 14.5. The van der Waals surface area contributed by atoms with Crippen LogP contribution in [0.25, 0.3) is 0 Å². The predicted molar refractivity (Wildman–Crippen MR) is 97.7 cm³/mol. The number of nitrogens with one attached hydrogen (secondary N) is 1. The third-order valence-electron chi connectivity index (χ3n) is 4.21. The quantitative estimate of drug-likeness (QED) is 0.859. The average molecular weight is 397 g/mol. The van der Waals surface area contributed by atoms with Crippen molar-refractivity contribution < 1.29 is 22.8 Å². The van der Waals surface area contributed by atoms with Gasteiger partial charge in [0.05, 0.1) is 24.3 Å². The SMILES string of the molecule is CN(CC(=O)N1c2ccccc2NC(=O)CC1C(F)(F)F)Cc1ccsc1. The molecule has 2 aromatic rings. The van der Waals surface area contributed by atoms with Gasteiger partial charge < -0.3 is 5.32 Å². The average Bonchev–Trinajstić information content (AvgIpc) is 3.01. The number of benzene rings is 1. The maximum absolute atomic E-state index is 13.7. The number of halogens is 3. The van der Waals surface area contributed by atoms with Gasteiger partial charge in [0.15, 0.2) is 0 Å². The zero-order valence-corrected chi connectivity index (χ0v) is 15.3. The van der Waals surface area contributed by atoms with E-state index in [0.717, 1.165) is 5.56 Å². The standard InChI is InChI=1S/C18H18F3N3O2S/c1-23(9-12-6-7-27-11-12)10-17(26)24-14-5-3-2-4-13(14)22-16(25)8-15(24)18(19,20)21/h2-7,11,15H,8-10H2,1H3,(H,22,25). The van der Waals surface area contributed by atoms with E-state index in [1.54, 1.807) is 24.1 Å². The Kier molecular flexibility index (Phi) is 5.52. The summed E-state index contributed by atoms with van der Waals surface area (Å²) >= 11 is 1.51. The molecule has 2 heterocycles. The first-order valence-electron chi connectivity index (χ1n) is 8.23. The minimum atomic E-state index is -4.73. The van der Waals surface area contributed by atoms with Crippen LogP contribution < -0.4 is 10.2 Å². The molecule has 27 heavy (non-hydrogen) atoms. The maximum atomic E-state index is 13.7. The number of thiophene rings is 1. The molecule has 0 saturated heterocycles. The lowest BCUT2D eigenvalue weighted by Gasteiger charge is -2.32. The number of fused-ring (bicyclic) bond motifs is 1. The molecule has 0 spiro atoms. The van der Waals surface area contributed by atoms with Crippen LogP contribution in [0.1, 0.15) is 12.0 Å². The summed E-state index contributed by atoms with van der Waals surface area (Å²) in [7, 11) is 1.67. The Morgan fingerprint density at radius 2 is 2.07 bits per heavy atom. The molecule has 144 valence electrons. The molecule has 1 N–H and O–H groups in total. The molecule has 1 unspecified atom stereocenters. The summed E-state index contributed by atoms with van der Waals surface area (Å²) in [6.45, 7) is 0.240. The van der Waals surface area contributed by atoms with Crippen molar-refractivity contribution in [1.82, 2.24) is 4.90 Å².